The highest BCUT2D eigenvalue weighted by Crippen LogP contribution is 2.26. The van der Waals surface area contributed by atoms with Crippen LogP contribution in [0.3, 0.4) is 0 Å². The van der Waals surface area contributed by atoms with E-state index in [0.717, 1.165) is 37.2 Å². The van der Waals surface area contributed by atoms with Gasteiger partial charge in [0, 0.05) is 55.6 Å². The van der Waals surface area contributed by atoms with Gasteiger partial charge in [-0.25, -0.2) is 0 Å². The number of rotatable bonds is 4. The first-order valence-corrected chi connectivity index (χ1v) is 10.5. The fourth-order valence-corrected chi connectivity index (χ4v) is 4.16. The minimum absolute atomic E-state index is 0.100. The number of likely N-dealkylation sites (tertiary alicyclic amines) is 1. The van der Waals surface area contributed by atoms with E-state index in [4.69, 9.17) is 0 Å². The van der Waals surface area contributed by atoms with E-state index in [1.165, 1.54) is 0 Å². The minimum Gasteiger partial charge on any atom is -0.343 e. The normalized spacial score (nSPS) is 14.3. The second-order valence-corrected chi connectivity index (χ2v) is 7.92. The van der Waals surface area contributed by atoms with Crippen LogP contribution in [0.15, 0.2) is 65.7 Å². The van der Waals surface area contributed by atoms with Gasteiger partial charge < -0.3 is 9.47 Å². The molecule has 1 fully saturated rings. The summed E-state index contributed by atoms with van der Waals surface area (Å²) in [5.41, 5.74) is 3.10. The third-order valence-corrected chi connectivity index (χ3v) is 5.90. The molecule has 1 aliphatic heterocycles. The summed E-state index contributed by atoms with van der Waals surface area (Å²) >= 11 is 0. The Labute approximate surface area is 181 Å². The van der Waals surface area contributed by atoms with Crippen molar-refractivity contribution in [3.8, 4) is 28.5 Å². The van der Waals surface area contributed by atoms with Crippen LogP contribution in [0, 0.1) is 17.2 Å². The number of benzene rings is 1. The Hall–Kier alpha value is -3.72. The fraction of sp³-hybridized carbons (Fsp3) is 0.280. The van der Waals surface area contributed by atoms with Crippen molar-refractivity contribution in [1.29, 1.82) is 5.26 Å². The number of piperidine rings is 1. The van der Waals surface area contributed by atoms with Crippen molar-refractivity contribution in [3.05, 3.63) is 76.8 Å². The molecular weight excluding hydrogens is 388 g/mol. The molecule has 0 saturated carbocycles. The lowest BCUT2D eigenvalue weighted by Gasteiger charge is -2.31. The van der Waals surface area contributed by atoms with Crippen LogP contribution in [0.5, 0.6) is 0 Å². The third-order valence-electron chi connectivity index (χ3n) is 5.90. The Morgan fingerprint density at radius 2 is 1.87 bits per heavy atom. The van der Waals surface area contributed by atoms with E-state index in [1.54, 1.807) is 29.8 Å². The predicted octanol–water partition coefficient (Wildman–Crippen LogP) is 3.71. The van der Waals surface area contributed by atoms with E-state index in [0.29, 0.717) is 29.2 Å². The molecule has 0 bridgehead atoms. The summed E-state index contributed by atoms with van der Waals surface area (Å²) in [7, 11) is 0. The van der Waals surface area contributed by atoms with Gasteiger partial charge >= 0.3 is 0 Å². The number of hydrogen-bond donors (Lipinski definition) is 0. The molecule has 1 aromatic carbocycles. The van der Waals surface area contributed by atoms with E-state index in [1.807, 2.05) is 47.5 Å². The van der Waals surface area contributed by atoms with Crippen LogP contribution in [-0.4, -0.2) is 33.4 Å². The van der Waals surface area contributed by atoms with Gasteiger partial charge in [0.15, 0.2) is 0 Å². The SMILES string of the molecule is CC(=O)N1CCC(Cn2cc(-c3ccccn3)cc(-c3ccccc3C#N)c2=O)CC1. The number of nitrogens with zero attached hydrogens (tertiary/aromatic N) is 4. The van der Waals surface area contributed by atoms with Crippen molar-refractivity contribution >= 4 is 5.91 Å². The maximum atomic E-state index is 13.4. The smallest absolute Gasteiger partial charge is 0.258 e. The van der Waals surface area contributed by atoms with Crippen molar-refractivity contribution in [2.45, 2.75) is 26.3 Å². The van der Waals surface area contributed by atoms with Gasteiger partial charge in [-0.15, -0.1) is 0 Å². The molecule has 6 heteroatoms. The Balaban J connectivity index is 1.75. The zero-order valence-corrected chi connectivity index (χ0v) is 17.5. The van der Waals surface area contributed by atoms with Gasteiger partial charge in [-0.3, -0.25) is 14.6 Å². The molecule has 156 valence electrons. The molecule has 0 unspecified atom stereocenters. The van der Waals surface area contributed by atoms with E-state index in [-0.39, 0.29) is 11.5 Å². The number of carbonyl (C=O) groups is 1. The topological polar surface area (TPSA) is 79.0 Å². The number of pyridine rings is 2. The van der Waals surface area contributed by atoms with E-state index >= 15 is 0 Å². The van der Waals surface area contributed by atoms with Gasteiger partial charge in [0.25, 0.3) is 5.56 Å². The number of nitriles is 1. The molecule has 4 rings (SSSR count). The Bertz CT molecular complexity index is 1190. The first-order valence-electron chi connectivity index (χ1n) is 10.5. The third kappa shape index (κ3) is 4.41. The first-order chi connectivity index (χ1) is 15.1. The zero-order chi connectivity index (χ0) is 21.8. The van der Waals surface area contributed by atoms with Crippen LogP contribution < -0.4 is 5.56 Å². The van der Waals surface area contributed by atoms with Gasteiger partial charge in [0.2, 0.25) is 5.91 Å². The Kier molecular flexibility index (Phi) is 5.94. The van der Waals surface area contributed by atoms with Crippen LogP contribution in [0.1, 0.15) is 25.3 Å². The number of aromatic nitrogens is 2. The summed E-state index contributed by atoms with van der Waals surface area (Å²) in [5, 5.41) is 9.55. The van der Waals surface area contributed by atoms with Crippen LogP contribution in [-0.2, 0) is 11.3 Å². The quantitative estimate of drug-likeness (QED) is 0.654. The second-order valence-electron chi connectivity index (χ2n) is 7.92. The molecule has 6 nitrogen and oxygen atoms in total. The summed E-state index contributed by atoms with van der Waals surface area (Å²) in [6.07, 6.45) is 5.32. The molecule has 1 saturated heterocycles. The van der Waals surface area contributed by atoms with Gasteiger partial charge in [-0.1, -0.05) is 24.3 Å². The van der Waals surface area contributed by atoms with Crippen LogP contribution in [0.2, 0.25) is 0 Å². The zero-order valence-electron chi connectivity index (χ0n) is 17.5. The second kappa shape index (κ2) is 8.97. The Morgan fingerprint density at radius 3 is 2.55 bits per heavy atom. The molecule has 1 aliphatic rings. The maximum absolute atomic E-state index is 13.4. The number of hydrogen-bond acceptors (Lipinski definition) is 4. The molecule has 0 atom stereocenters. The number of carbonyl (C=O) groups excluding carboxylic acids is 1. The average Bonchev–Trinajstić information content (AvgIpc) is 2.81. The van der Waals surface area contributed by atoms with E-state index in [9.17, 15) is 14.9 Å². The summed E-state index contributed by atoms with van der Waals surface area (Å²) in [4.78, 5) is 31.4. The summed E-state index contributed by atoms with van der Waals surface area (Å²) in [6.45, 7) is 3.62. The largest absolute Gasteiger partial charge is 0.343 e. The van der Waals surface area contributed by atoms with Crippen molar-refractivity contribution < 1.29 is 4.79 Å². The minimum atomic E-state index is -0.114. The van der Waals surface area contributed by atoms with Gasteiger partial charge in [0.1, 0.15) is 0 Å². The van der Waals surface area contributed by atoms with Crippen molar-refractivity contribution in [2.24, 2.45) is 5.92 Å². The summed E-state index contributed by atoms with van der Waals surface area (Å²) < 4.78 is 1.75. The van der Waals surface area contributed by atoms with Crippen molar-refractivity contribution in [1.82, 2.24) is 14.5 Å². The molecular formula is C25H24N4O2. The molecule has 0 aliphatic carbocycles. The standard InChI is InChI=1S/C25H24N4O2/c1-18(30)28-12-9-19(10-13-28)16-29-17-21(24-8-4-5-11-27-24)14-23(25(29)31)22-7-3-2-6-20(22)15-26/h2-8,11,14,17,19H,9-10,12-13,16H2,1H3. The summed E-state index contributed by atoms with van der Waals surface area (Å²) in [5.74, 6) is 0.412. The Morgan fingerprint density at radius 1 is 1.13 bits per heavy atom. The highest BCUT2D eigenvalue weighted by Gasteiger charge is 2.22. The molecule has 1 amide bonds. The van der Waals surface area contributed by atoms with Crippen molar-refractivity contribution in [2.75, 3.05) is 13.1 Å². The molecule has 3 aromatic rings. The van der Waals surface area contributed by atoms with Gasteiger partial charge in [-0.05, 0) is 43.0 Å². The maximum Gasteiger partial charge on any atom is 0.258 e. The lowest BCUT2D eigenvalue weighted by Crippen LogP contribution is -2.38. The lowest BCUT2D eigenvalue weighted by molar-refractivity contribution is -0.130. The average molecular weight is 412 g/mol. The molecule has 2 aromatic heterocycles. The molecule has 0 radical (unpaired) electrons. The molecule has 0 N–H and O–H groups in total. The fourth-order valence-electron chi connectivity index (χ4n) is 4.16. The molecule has 31 heavy (non-hydrogen) atoms. The first kappa shape index (κ1) is 20.5. The molecule has 0 spiro atoms. The number of amides is 1. The predicted molar refractivity (Wildman–Crippen MR) is 119 cm³/mol. The van der Waals surface area contributed by atoms with Crippen LogP contribution in [0.4, 0.5) is 0 Å². The van der Waals surface area contributed by atoms with Crippen LogP contribution in [0.25, 0.3) is 22.4 Å². The highest BCUT2D eigenvalue weighted by atomic mass is 16.2. The van der Waals surface area contributed by atoms with E-state index < -0.39 is 0 Å². The van der Waals surface area contributed by atoms with Crippen molar-refractivity contribution in [3.63, 3.8) is 0 Å². The lowest BCUT2D eigenvalue weighted by atomic mass is 9.95. The van der Waals surface area contributed by atoms with Gasteiger partial charge in [0.05, 0.1) is 17.3 Å². The van der Waals surface area contributed by atoms with Gasteiger partial charge in [-0.2, -0.15) is 5.26 Å². The van der Waals surface area contributed by atoms with E-state index in [2.05, 4.69) is 11.1 Å². The summed E-state index contributed by atoms with van der Waals surface area (Å²) in [6, 6.07) is 16.9. The highest BCUT2D eigenvalue weighted by molar-refractivity contribution is 5.74. The molecule has 3 heterocycles. The monoisotopic (exact) mass is 412 g/mol. The van der Waals surface area contributed by atoms with Crippen LogP contribution >= 0.6 is 0 Å².